The van der Waals surface area contributed by atoms with Crippen molar-refractivity contribution >= 4 is 12.0 Å². The maximum atomic E-state index is 11.5. The van der Waals surface area contributed by atoms with Gasteiger partial charge in [0.1, 0.15) is 6.04 Å². The van der Waals surface area contributed by atoms with Gasteiger partial charge in [-0.15, -0.1) is 6.58 Å². The van der Waals surface area contributed by atoms with E-state index < -0.39 is 18.0 Å². The van der Waals surface area contributed by atoms with Crippen molar-refractivity contribution in [3.63, 3.8) is 0 Å². The van der Waals surface area contributed by atoms with E-state index >= 15 is 0 Å². The third-order valence-electron chi connectivity index (χ3n) is 2.20. The lowest BCUT2D eigenvalue weighted by Crippen LogP contribution is -2.45. The Morgan fingerprint density at radius 2 is 2.39 bits per heavy atom. The summed E-state index contributed by atoms with van der Waals surface area (Å²) >= 11 is 0. The lowest BCUT2D eigenvalue weighted by molar-refractivity contribution is -0.139. The maximum absolute atomic E-state index is 11.5. The number of aliphatic carboxylic acids is 1. The summed E-state index contributed by atoms with van der Waals surface area (Å²) in [6, 6.07) is 0.250. The highest BCUT2D eigenvalue weighted by Crippen LogP contribution is 1.95. The highest BCUT2D eigenvalue weighted by atomic mass is 16.4. The molecule has 1 unspecified atom stereocenters. The van der Waals surface area contributed by atoms with E-state index in [4.69, 9.17) is 5.11 Å². The van der Waals surface area contributed by atoms with Gasteiger partial charge >= 0.3 is 12.0 Å². The van der Waals surface area contributed by atoms with Gasteiger partial charge in [0, 0.05) is 13.2 Å². The molecule has 0 spiro atoms. The molecular weight excluding hydrogens is 236 g/mol. The Morgan fingerprint density at radius 3 is 2.89 bits per heavy atom. The van der Waals surface area contributed by atoms with Crippen LogP contribution in [0.5, 0.6) is 0 Å². The predicted molar refractivity (Wildman–Crippen MR) is 64.8 cm³/mol. The summed E-state index contributed by atoms with van der Waals surface area (Å²) in [7, 11) is 1.77. The first-order valence-electron chi connectivity index (χ1n) is 5.39. The van der Waals surface area contributed by atoms with E-state index in [1.165, 1.54) is 6.08 Å². The number of rotatable bonds is 6. The summed E-state index contributed by atoms with van der Waals surface area (Å²) in [5, 5.41) is 17.8. The number of amides is 2. The van der Waals surface area contributed by atoms with E-state index in [1.54, 1.807) is 24.0 Å². The Kier molecular flexibility index (Phi) is 4.91. The van der Waals surface area contributed by atoms with E-state index in [2.05, 4.69) is 22.3 Å². The standard InChI is InChI=1S/C11H16N4O3/c1-3-4-9(10(16)17)13-11(18)12-7-8-5-6-15(2)14-8/h3,5-6,9H,1,4,7H2,2H3,(H,16,17)(H2,12,13,18). The largest absolute Gasteiger partial charge is 0.480 e. The molecule has 7 nitrogen and oxygen atoms in total. The molecule has 0 saturated heterocycles. The molecule has 2 amide bonds. The van der Waals surface area contributed by atoms with Gasteiger partial charge in [-0.25, -0.2) is 9.59 Å². The third kappa shape index (κ3) is 4.28. The van der Waals surface area contributed by atoms with Crippen molar-refractivity contribution in [1.82, 2.24) is 20.4 Å². The number of nitrogens with zero attached hydrogens (tertiary/aromatic N) is 2. The van der Waals surface area contributed by atoms with Crippen molar-refractivity contribution in [2.45, 2.75) is 19.0 Å². The van der Waals surface area contributed by atoms with Crippen LogP contribution in [0.25, 0.3) is 0 Å². The molecule has 0 aliphatic rings. The van der Waals surface area contributed by atoms with Crippen molar-refractivity contribution < 1.29 is 14.7 Å². The van der Waals surface area contributed by atoms with Crippen LogP contribution in [0.15, 0.2) is 24.9 Å². The van der Waals surface area contributed by atoms with E-state index in [1.807, 2.05) is 0 Å². The number of urea groups is 1. The Hall–Kier alpha value is -2.31. The van der Waals surface area contributed by atoms with Gasteiger partial charge in [0.25, 0.3) is 0 Å². The molecule has 0 aliphatic heterocycles. The van der Waals surface area contributed by atoms with Gasteiger partial charge in [0.15, 0.2) is 0 Å². The summed E-state index contributed by atoms with van der Waals surface area (Å²) in [4.78, 5) is 22.3. The normalized spacial score (nSPS) is 11.6. The van der Waals surface area contributed by atoms with Gasteiger partial charge in [-0.1, -0.05) is 6.08 Å². The minimum absolute atomic E-state index is 0.173. The van der Waals surface area contributed by atoms with Gasteiger partial charge in [0.2, 0.25) is 0 Å². The molecule has 1 heterocycles. The van der Waals surface area contributed by atoms with Crippen LogP contribution >= 0.6 is 0 Å². The fourth-order valence-corrected chi connectivity index (χ4v) is 1.33. The Labute approximate surface area is 104 Å². The van der Waals surface area contributed by atoms with Crippen LogP contribution < -0.4 is 10.6 Å². The number of nitrogens with one attached hydrogen (secondary N) is 2. The maximum Gasteiger partial charge on any atom is 0.326 e. The third-order valence-corrected chi connectivity index (χ3v) is 2.20. The van der Waals surface area contributed by atoms with Crippen molar-refractivity contribution in [3.05, 3.63) is 30.6 Å². The van der Waals surface area contributed by atoms with Crippen molar-refractivity contribution in [3.8, 4) is 0 Å². The molecule has 1 atom stereocenters. The number of aromatic nitrogens is 2. The average molecular weight is 252 g/mol. The molecular formula is C11H16N4O3. The molecule has 0 bridgehead atoms. The minimum atomic E-state index is -1.09. The molecule has 0 aliphatic carbocycles. The average Bonchev–Trinajstić information content (AvgIpc) is 2.72. The van der Waals surface area contributed by atoms with Crippen molar-refractivity contribution in [2.75, 3.05) is 0 Å². The number of hydrogen-bond acceptors (Lipinski definition) is 3. The molecule has 7 heteroatoms. The van der Waals surface area contributed by atoms with Crippen molar-refractivity contribution in [1.29, 1.82) is 0 Å². The zero-order valence-electron chi connectivity index (χ0n) is 10.1. The van der Waals surface area contributed by atoms with E-state index in [9.17, 15) is 9.59 Å². The van der Waals surface area contributed by atoms with Crippen molar-refractivity contribution in [2.24, 2.45) is 7.05 Å². The van der Waals surface area contributed by atoms with Gasteiger partial charge in [-0.3, -0.25) is 4.68 Å². The molecule has 98 valence electrons. The second-order valence-electron chi connectivity index (χ2n) is 3.72. The second-order valence-corrected chi connectivity index (χ2v) is 3.72. The molecule has 1 rings (SSSR count). The number of hydrogen-bond donors (Lipinski definition) is 3. The number of carbonyl (C=O) groups is 2. The molecule has 1 aromatic heterocycles. The zero-order valence-corrected chi connectivity index (χ0v) is 10.1. The molecule has 1 aromatic rings. The van der Waals surface area contributed by atoms with Gasteiger partial charge in [-0.05, 0) is 12.5 Å². The second kappa shape index (κ2) is 6.43. The molecule has 18 heavy (non-hydrogen) atoms. The molecule has 0 aromatic carbocycles. The van der Waals surface area contributed by atoms with Crippen LogP contribution in [0.1, 0.15) is 12.1 Å². The van der Waals surface area contributed by atoms with Crippen LogP contribution in [0.4, 0.5) is 4.79 Å². The highest BCUT2D eigenvalue weighted by Gasteiger charge is 2.17. The quantitative estimate of drug-likeness (QED) is 0.632. The predicted octanol–water partition coefficient (Wildman–Crippen LogP) is 0.249. The number of carbonyl (C=O) groups excluding carboxylic acids is 1. The SMILES string of the molecule is C=CCC(NC(=O)NCc1ccn(C)n1)C(=O)O. The summed E-state index contributed by atoms with van der Waals surface area (Å²) in [5.41, 5.74) is 0.697. The van der Waals surface area contributed by atoms with Gasteiger partial charge in [0.05, 0.1) is 12.2 Å². The first-order chi connectivity index (χ1) is 8.52. The highest BCUT2D eigenvalue weighted by molar-refractivity contribution is 5.82. The fourth-order valence-electron chi connectivity index (χ4n) is 1.33. The first-order valence-corrected chi connectivity index (χ1v) is 5.39. The monoisotopic (exact) mass is 252 g/mol. The van der Waals surface area contributed by atoms with Gasteiger partial charge < -0.3 is 15.7 Å². The Morgan fingerprint density at radius 1 is 1.67 bits per heavy atom. The number of aryl methyl sites for hydroxylation is 1. The smallest absolute Gasteiger partial charge is 0.326 e. The lowest BCUT2D eigenvalue weighted by Gasteiger charge is -2.12. The summed E-state index contributed by atoms with van der Waals surface area (Å²) in [6.45, 7) is 3.68. The summed E-state index contributed by atoms with van der Waals surface area (Å²) < 4.78 is 1.62. The Balaban J connectivity index is 2.40. The first kappa shape index (κ1) is 13.8. The molecule has 0 radical (unpaired) electrons. The number of carboxylic acid groups (broad SMARTS) is 1. The molecule has 0 saturated carbocycles. The molecule has 3 N–H and O–H groups in total. The summed E-state index contributed by atoms with van der Waals surface area (Å²) in [5.74, 6) is -1.09. The fraction of sp³-hybridized carbons (Fsp3) is 0.364. The zero-order chi connectivity index (χ0) is 13.5. The lowest BCUT2D eigenvalue weighted by atomic mass is 10.2. The van der Waals surface area contributed by atoms with Crippen LogP contribution in [-0.2, 0) is 18.4 Å². The topological polar surface area (TPSA) is 96.3 Å². The van der Waals surface area contributed by atoms with Crippen LogP contribution in [0.3, 0.4) is 0 Å². The minimum Gasteiger partial charge on any atom is -0.480 e. The Bertz CT molecular complexity index is 441. The van der Waals surface area contributed by atoms with E-state index in [0.717, 1.165) is 0 Å². The van der Waals surface area contributed by atoms with Crippen LogP contribution in [0, 0.1) is 0 Å². The van der Waals surface area contributed by atoms with Crippen LogP contribution in [0.2, 0.25) is 0 Å². The van der Waals surface area contributed by atoms with Gasteiger partial charge in [-0.2, -0.15) is 5.10 Å². The summed E-state index contributed by atoms with van der Waals surface area (Å²) in [6.07, 6.45) is 3.37. The molecule has 0 fully saturated rings. The number of carboxylic acids is 1. The van der Waals surface area contributed by atoms with E-state index in [0.29, 0.717) is 5.69 Å². The van der Waals surface area contributed by atoms with E-state index in [-0.39, 0.29) is 13.0 Å². The van der Waals surface area contributed by atoms with Crippen LogP contribution in [-0.4, -0.2) is 32.9 Å².